The Balaban J connectivity index is 3.86. The van der Waals surface area contributed by atoms with Crippen molar-refractivity contribution in [1.29, 1.82) is 0 Å². The standard InChI is InChI=1S/C8H11NO5/c1-9(2)6(10)5-14-8(13)4-3-7(11)12/h3-4H,5H2,1-2H3,(H,11,12)/b4-3+. The van der Waals surface area contributed by atoms with Gasteiger partial charge in [-0.3, -0.25) is 4.79 Å². The van der Waals surface area contributed by atoms with Gasteiger partial charge in [-0.2, -0.15) is 0 Å². The van der Waals surface area contributed by atoms with Gasteiger partial charge in [0, 0.05) is 26.2 Å². The quantitative estimate of drug-likeness (QED) is 0.478. The van der Waals surface area contributed by atoms with Crippen LogP contribution in [0, 0.1) is 0 Å². The number of hydrogen-bond acceptors (Lipinski definition) is 4. The first-order valence-corrected chi connectivity index (χ1v) is 3.71. The third-order valence-corrected chi connectivity index (χ3v) is 1.20. The SMILES string of the molecule is CN(C)C(=O)COC(=O)/C=C/C(=O)O. The van der Waals surface area contributed by atoms with E-state index in [0.29, 0.717) is 6.08 Å². The zero-order valence-corrected chi connectivity index (χ0v) is 7.89. The van der Waals surface area contributed by atoms with Crippen molar-refractivity contribution in [3.8, 4) is 0 Å². The first-order chi connectivity index (χ1) is 6.43. The second kappa shape index (κ2) is 5.74. The lowest BCUT2D eigenvalue weighted by atomic mass is 10.5. The van der Waals surface area contributed by atoms with Crippen LogP contribution in [0.3, 0.4) is 0 Å². The lowest BCUT2D eigenvalue weighted by molar-refractivity contribution is -0.147. The Morgan fingerprint density at radius 3 is 2.29 bits per heavy atom. The Morgan fingerprint density at radius 2 is 1.86 bits per heavy atom. The van der Waals surface area contributed by atoms with E-state index in [1.54, 1.807) is 0 Å². The fourth-order valence-corrected chi connectivity index (χ4v) is 0.449. The van der Waals surface area contributed by atoms with E-state index in [4.69, 9.17) is 5.11 Å². The molecule has 0 aliphatic heterocycles. The van der Waals surface area contributed by atoms with E-state index >= 15 is 0 Å². The minimum absolute atomic E-state index is 0.373. The Hall–Kier alpha value is -1.85. The first kappa shape index (κ1) is 12.2. The smallest absolute Gasteiger partial charge is 0.331 e. The summed E-state index contributed by atoms with van der Waals surface area (Å²) in [5.41, 5.74) is 0. The molecule has 0 radical (unpaired) electrons. The van der Waals surface area contributed by atoms with Crippen molar-refractivity contribution in [2.24, 2.45) is 0 Å². The van der Waals surface area contributed by atoms with E-state index < -0.39 is 18.5 Å². The zero-order valence-electron chi connectivity index (χ0n) is 7.89. The predicted octanol–water partition coefficient (Wildman–Crippen LogP) is -0.741. The third kappa shape index (κ3) is 5.76. The molecule has 0 saturated carbocycles. The van der Waals surface area contributed by atoms with Gasteiger partial charge in [0.2, 0.25) is 0 Å². The molecule has 0 unspecified atom stereocenters. The van der Waals surface area contributed by atoms with E-state index in [1.165, 1.54) is 19.0 Å². The molecule has 14 heavy (non-hydrogen) atoms. The molecule has 0 spiro atoms. The van der Waals surface area contributed by atoms with E-state index in [-0.39, 0.29) is 5.91 Å². The fraction of sp³-hybridized carbons (Fsp3) is 0.375. The molecule has 6 heteroatoms. The van der Waals surface area contributed by atoms with Crippen molar-refractivity contribution in [2.75, 3.05) is 20.7 Å². The van der Waals surface area contributed by atoms with Gasteiger partial charge in [-0.05, 0) is 0 Å². The van der Waals surface area contributed by atoms with Gasteiger partial charge < -0.3 is 14.7 Å². The fourth-order valence-electron chi connectivity index (χ4n) is 0.449. The van der Waals surface area contributed by atoms with Gasteiger partial charge in [0.05, 0.1) is 0 Å². The van der Waals surface area contributed by atoms with Crippen LogP contribution in [-0.4, -0.2) is 48.6 Å². The largest absolute Gasteiger partial charge is 0.478 e. The van der Waals surface area contributed by atoms with Gasteiger partial charge in [0.1, 0.15) is 0 Å². The molecule has 0 aromatic heterocycles. The Bertz CT molecular complexity index is 269. The number of rotatable bonds is 4. The highest BCUT2D eigenvalue weighted by Crippen LogP contribution is 1.85. The molecular formula is C8H11NO5. The average Bonchev–Trinajstić information content (AvgIpc) is 2.10. The summed E-state index contributed by atoms with van der Waals surface area (Å²) in [7, 11) is 3.03. The Kier molecular flexibility index (Phi) is 4.98. The highest BCUT2D eigenvalue weighted by atomic mass is 16.5. The molecule has 0 heterocycles. The molecule has 0 fully saturated rings. The number of carbonyl (C=O) groups is 3. The van der Waals surface area contributed by atoms with Crippen LogP contribution < -0.4 is 0 Å². The molecule has 6 nitrogen and oxygen atoms in total. The summed E-state index contributed by atoms with van der Waals surface area (Å²) in [6.45, 7) is -0.393. The number of carbonyl (C=O) groups excluding carboxylic acids is 2. The number of esters is 1. The maximum atomic E-state index is 10.9. The monoisotopic (exact) mass is 201 g/mol. The number of carboxylic acid groups (broad SMARTS) is 1. The molecule has 0 aromatic rings. The molecule has 1 amide bonds. The minimum Gasteiger partial charge on any atom is -0.478 e. The molecule has 0 saturated heterocycles. The van der Waals surface area contributed by atoms with Crippen LogP contribution in [0.15, 0.2) is 12.2 Å². The summed E-state index contributed by atoms with van der Waals surface area (Å²) in [5, 5.41) is 8.16. The molecule has 78 valence electrons. The summed E-state index contributed by atoms with van der Waals surface area (Å²) >= 11 is 0. The molecule has 0 aliphatic carbocycles. The number of ether oxygens (including phenoxy) is 1. The lowest BCUT2D eigenvalue weighted by Crippen LogP contribution is -2.27. The van der Waals surface area contributed by atoms with Crippen LogP contribution in [-0.2, 0) is 19.1 Å². The summed E-state index contributed by atoms with van der Waals surface area (Å²) in [6, 6.07) is 0. The number of carboxylic acids is 1. The van der Waals surface area contributed by atoms with Crippen LogP contribution in [0.2, 0.25) is 0 Å². The molecule has 0 aliphatic rings. The van der Waals surface area contributed by atoms with Gasteiger partial charge in [0.25, 0.3) is 5.91 Å². The van der Waals surface area contributed by atoms with Gasteiger partial charge in [0.15, 0.2) is 6.61 Å². The molecule has 0 atom stereocenters. The Labute approximate surface area is 80.8 Å². The highest BCUT2D eigenvalue weighted by Gasteiger charge is 2.06. The van der Waals surface area contributed by atoms with Crippen LogP contribution in [0.4, 0.5) is 0 Å². The third-order valence-electron chi connectivity index (χ3n) is 1.20. The molecular weight excluding hydrogens is 190 g/mol. The predicted molar refractivity (Wildman–Crippen MR) is 46.4 cm³/mol. The van der Waals surface area contributed by atoms with Gasteiger partial charge >= 0.3 is 11.9 Å². The molecule has 0 aromatic carbocycles. The zero-order chi connectivity index (χ0) is 11.1. The van der Waals surface area contributed by atoms with Crippen LogP contribution in [0.5, 0.6) is 0 Å². The topological polar surface area (TPSA) is 83.9 Å². The van der Waals surface area contributed by atoms with Crippen LogP contribution in [0.1, 0.15) is 0 Å². The highest BCUT2D eigenvalue weighted by molar-refractivity contribution is 5.91. The molecule has 1 N–H and O–H groups in total. The van der Waals surface area contributed by atoms with Crippen LogP contribution >= 0.6 is 0 Å². The molecule has 0 bridgehead atoms. The van der Waals surface area contributed by atoms with Gasteiger partial charge in [-0.25, -0.2) is 9.59 Å². The summed E-state index contributed by atoms with van der Waals surface area (Å²) in [4.78, 5) is 32.9. The van der Waals surface area contributed by atoms with E-state index in [9.17, 15) is 14.4 Å². The number of aliphatic carboxylic acids is 1. The number of hydrogen-bond donors (Lipinski definition) is 1. The summed E-state index contributed by atoms with van der Waals surface area (Å²) < 4.78 is 4.44. The second-order valence-electron chi connectivity index (χ2n) is 2.57. The van der Waals surface area contributed by atoms with Crippen molar-refractivity contribution in [3.63, 3.8) is 0 Å². The van der Waals surface area contributed by atoms with Crippen molar-refractivity contribution in [2.45, 2.75) is 0 Å². The van der Waals surface area contributed by atoms with Crippen LogP contribution in [0.25, 0.3) is 0 Å². The normalized spacial score (nSPS) is 9.86. The minimum atomic E-state index is -1.25. The van der Waals surface area contributed by atoms with E-state index in [0.717, 1.165) is 6.08 Å². The van der Waals surface area contributed by atoms with Crippen molar-refractivity contribution >= 4 is 17.8 Å². The van der Waals surface area contributed by atoms with Crippen molar-refractivity contribution in [3.05, 3.63) is 12.2 Å². The summed E-state index contributed by atoms with van der Waals surface area (Å²) in [6.07, 6.45) is 1.38. The maximum absolute atomic E-state index is 10.9. The van der Waals surface area contributed by atoms with Gasteiger partial charge in [-0.1, -0.05) is 0 Å². The second-order valence-corrected chi connectivity index (χ2v) is 2.57. The number of nitrogens with zero attached hydrogens (tertiary/aromatic N) is 1. The van der Waals surface area contributed by atoms with Crippen molar-refractivity contribution in [1.82, 2.24) is 4.90 Å². The van der Waals surface area contributed by atoms with Gasteiger partial charge in [-0.15, -0.1) is 0 Å². The number of amides is 1. The Morgan fingerprint density at radius 1 is 1.29 bits per heavy atom. The molecule has 0 rings (SSSR count). The van der Waals surface area contributed by atoms with Crippen molar-refractivity contribution < 1.29 is 24.2 Å². The average molecular weight is 201 g/mol. The lowest BCUT2D eigenvalue weighted by Gasteiger charge is -2.08. The number of likely N-dealkylation sites (N-methyl/N-ethyl adjacent to an activating group) is 1. The summed E-state index contributed by atoms with van der Waals surface area (Å²) in [5.74, 6) is -2.48. The van der Waals surface area contributed by atoms with E-state index in [1.807, 2.05) is 0 Å². The van der Waals surface area contributed by atoms with E-state index in [2.05, 4.69) is 4.74 Å². The first-order valence-electron chi connectivity index (χ1n) is 3.71. The maximum Gasteiger partial charge on any atom is 0.331 e.